The van der Waals surface area contributed by atoms with Crippen LogP contribution in [0.5, 0.6) is 0 Å². The van der Waals surface area contributed by atoms with E-state index >= 15 is 0 Å². The fourth-order valence-corrected chi connectivity index (χ4v) is 3.85. The molecule has 2 heterocycles. The second-order valence-corrected chi connectivity index (χ2v) is 7.46. The zero-order valence-corrected chi connectivity index (χ0v) is 15.5. The monoisotopic (exact) mass is 343 g/mol. The Morgan fingerprint density at radius 2 is 2.00 bits per heavy atom. The first-order chi connectivity index (χ1) is 12.0. The first kappa shape index (κ1) is 17.9. The lowest BCUT2D eigenvalue weighted by atomic mass is 10.1. The van der Waals surface area contributed by atoms with Crippen LogP contribution in [0.15, 0.2) is 18.2 Å². The standard InChI is InChI=1S/C20H29N3O2/c1-14-7-6-8-18(16(14)3)23-13-17(11-19(23)24)20(25)21-12-15(2)22-9-4-5-10-22/h6-8,15,17H,4-5,9-13H2,1-3H3,(H,21,25)/t15-,17-/m0/s1. The van der Waals surface area contributed by atoms with Gasteiger partial charge in [-0.25, -0.2) is 0 Å². The van der Waals surface area contributed by atoms with Crippen molar-refractivity contribution in [3.8, 4) is 0 Å². The zero-order chi connectivity index (χ0) is 18.0. The van der Waals surface area contributed by atoms with E-state index < -0.39 is 0 Å². The molecule has 2 saturated heterocycles. The summed E-state index contributed by atoms with van der Waals surface area (Å²) < 4.78 is 0. The summed E-state index contributed by atoms with van der Waals surface area (Å²) in [6.07, 6.45) is 2.80. The third-order valence-electron chi connectivity index (χ3n) is 5.70. The van der Waals surface area contributed by atoms with Crippen molar-refractivity contribution in [2.24, 2.45) is 5.92 Å². The number of likely N-dealkylation sites (tertiary alicyclic amines) is 1. The molecule has 2 aliphatic rings. The molecule has 0 spiro atoms. The second kappa shape index (κ2) is 7.56. The summed E-state index contributed by atoms with van der Waals surface area (Å²) in [5, 5.41) is 3.06. The maximum atomic E-state index is 12.5. The Bertz CT molecular complexity index is 652. The molecule has 0 saturated carbocycles. The fourth-order valence-electron chi connectivity index (χ4n) is 3.85. The molecular weight excluding hydrogens is 314 g/mol. The van der Waals surface area contributed by atoms with Gasteiger partial charge in [-0.2, -0.15) is 0 Å². The van der Waals surface area contributed by atoms with Crippen molar-refractivity contribution in [2.45, 2.75) is 46.1 Å². The summed E-state index contributed by atoms with van der Waals surface area (Å²) in [6.45, 7) is 9.62. The quantitative estimate of drug-likeness (QED) is 0.892. The van der Waals surface area contributed by atoms with E-state index in [2.05, 4.69) is 17.1 Å². The van der Waals surface area contributed by atoms with Gasteiger partial charge in [0, 0.05) is 31.2 Å². The van der Waals surface area contributed by atoms with Gasteiger partial charge in [0.25, 0.3) is 0 Å². The van der Waals surface area contributed by atoms with E-state index in [1.807, 2.05) is 32.0 Å². The van der Waals surface area contributed by atoms with Gasteiger partial charge in [-0.3, -0.25) is 14.5 Å². The van der Waals surface area contributed by atoms with Gasteiger partial charge in [0.15, 0.2) is 0 Å². The minimum Gasteiger partial charge on any atom is -0.354 e. The molecule has 136 valence electrons. The first-order valence-electron chi connectivity index (χ1n) is 9.35. The van der Waals surface area contributed by atoms with Crippen LogP contribution in [0.1, 0.15) is 37.3 Å². The van der Waals surface area contributed by atoms with Gasteiger partial charge in [0.2, 0.25) is 11.8 Å². The molecule has 2 amide bonds. The highest BCUT2D eigenvalue weighted by atomic mass is 16.2. The van der Waals surface area contributed by atoms with E-state index in [1.54, 1.807) is 4.90 Å². The Morgan fingerprint density at radius 3 is 2.72 bits per heavy atom. The molecule has 3 rings (SSSR count). The van der Waals surface area contributed by atoms with Crippen LogP contribution >= 0.6 is 0 Å². The normalized spacial score (nSPS) is 22.4. The second-order valence-electron chi connectivity index (χ2n) is 7.46. The summed E-state index contributed by atoms with van der Waals surface area (Å²) in [5.74, 6) is -0.202. The van der Waals surface area contributed by atoms with E-state index in [-0.39, 0.29) is 17.7 Å². The summed E-state index contributed by atoms with van der Waals surface area (Å²) >= 11 is 0. The van der Waals surface area contributed by atoms with Crippen molar-refractivity contribution in [3.05, 3.63) is 29.3 Å². The van der Waals surface area contributed by atoms with Crippen molar-refractivity contribution >= 4 is 17.5 Å². The Morgan fingerprint density at radius 1 is 1.28 bits per heavy atom. The van der Waals surface area contributed by atoms with Gasteiger partial charge in [-0.1, -0.05) is 12.1 Å². The Labute approximate surface area is 150 Å². The predicted octanol–water partition coefficient (Wildman–Crippen LogP) is 2.26. The van der Waals surface area contributed by atoms with Gasteiger partial charge < -0.3 is 10.2 Å². The molecule has 2 fully saturated rings. The van der Waals surface area contributed by atoms with Crippen LogP contribution in [0.3, 0.4) is 0 Å². The van der Waals surface area contributed by atoms with E-state index in [0.717, 1.165) is 29.9 Å². The van der Waals surface area contributed by atoms with Crippen LogP contribution in [-0.4, -0.2) is 48.9 Å². The Hall–Kier alpha value is -1.88. The maximum Gasteiger partial charge on any atom is 0.227 e. The van der Waals surface area contributed by atoms with Crippen LogP contribution < -0.4 is 10.2 Å². The molecule has 5 nitrogen and oxygen atoms in total. The van der Waals surface area contributed by atoms with Crippen LogP contribution in [0.25, 0.3) is 0 Å². The largest absolute Gasteiger partial charge is 0.354 e. The molecule has 0 bridgehead atoms. The highest BCUT2D eigenvalue weighted by Crippen LogP contribution is 2.29. The minimum atomic E-state index is -0.252. The maximum absolute atomic E-state index is 12.5. The van der Waals surface area contributed by atoms with Gasteiger partial charge in [-0.05, 0) is 63.9 Å². The summed E-state index contributed by atoms with van der Waals surface area (Å²) in [6, 6.07) is 6.34. The molecule has 0 radical (unpaired) electrons. The Kier molecular flexibility index (Phi) is 5.42. The molecule has 2 aliphatic heterocycles. The lowest BCUT2D eigenvalue weighted by Crippen LogP contribution is -2.43. The van der Waals surface area contributed by atoms with Gasteiger partial charge >= 0.3 is 0 Å². The van der Waals surface area contributed by atoms with Crippen molar-refractivity contribution < 1.29 is 9.59 Å². The highest BCUT2D eigenvalue weighted by Gasteiger charge is 2.35. The van der Waals surface area contributed by atoms with Crippen LogP contribution in [-0.2, 0) is 9.59 Å². The topological polar surface area (TPSA) is 52.7 Å². The average Bonchev–Trinajstić information content (AvgIpc) is 3.25. The van der Waals surface area contributed by atoms with E-state index in [4.69, 9.17) is 0 Å². The number of nitrogens with one attached hydrogen (secondary N) is 1. The number of hydrogen-bond acceptors (Lipinski definition) is 3. The summed E-state index contributed by atoms with van der Waals surface area (Å²) in [5.41, 5.74) is 3.21. The molecule has 1 aromatic rings. The van der Waals surface area contributed by atoms with E-state index in [1.165, 1.54) is 12.8 Å². The number of aryl methyl sites for hydroxylation is 1. The third-order valence-corrected chi connectivity index (χ3v) is 5.70. The number of carbonyl (C=O) groups excluding carboxylic acids is 2. The minimum absolute atomic E-state index is 0.00667. The third kappa shape index (κ3) is 3.87. The molecule has 1 aromatic carbocycles. The first-order valence-corrected chi connectivity index (χ1v) is 9.35. The molecule has 1 N–H and O–H groups in total. The molecule has 0 aliphatic carbocycles. The van der Waals surface area contributed by atoms with Gasteiger partial charge in [0.05, 0.1) is 5.92 Å². The van der Waals surface area contributed by atoms with Gasteiger partial charge in [0.1, 0.15) is 0 Å². The Balaban J connectivity index is 1.58. The number of benzene rings is 1. The molecule has 0 aromatic heterocycles. The fraction of sp³-hybridized carbons (Fsp3) is 0.600. The predicted molar refractivity (Wildman–Crippen MR) is 99.7 cm³/mol. The zero-order valence-electron chi connectivity index (χ0n) is 15.5. The number of hydrogen-bond donors (Lipinski definition) is 1. The number of carbonyl (C=O) groups is 2. The van der Waals surface area contributed by atoms with Crippen molar-refractivity contribution in [3.63, 3.8) is 0 Å². The van der Waals surface area contributed by atoms with Crippen molar-refractivity contribution in [1.29, 1.82) is 0 Å². The lowest BCUT2D eigenvalue weighted by molar-refractivity contribution is -0.126. The van der Waals surface area contributed by atoms with Crippen molar-refractivity contribution in [2.75, 3.05) is 31.1 Å². The number of rotatable bonds is 5. The summed E-state index contributed by atoms with van der Waals surface area (Å²) in [4.78, 5) is 29.2. The van der Waals surface area contributed by atoms with Crippen molar-refractivity contribution in [1.82, 2.24) is 10.2 Å². The van der Waals surface area contributed by atoms with Crippen LogP contribution in [0.2, 0.25) is 0 Å². The average molecular weight is 343 g/mol. The smallest absolute Gasteiger partial charge is 0.227 e. The molecule has 5 heteroatoms. The van der Waals surface area contributed by atoms with Crippen LogP contribution in [0, 0.1) is 19.8 Å². The van der Waals surface area contributed by atoms with E-state index in [0.29, 0.717) is 25.6 Å². The molecule has 25 heavy (non-hydrogen) atoms. The van der Waals surface area contributed by atoms with E-state index in [9.17, 15) is 9.59 Å². The molecular formula is C20H29N3O2. The van der Waals surface area contributed by atoms with Crippen LogP contribution in [0.4, 0.5) is 5.69 Å². The number of nitrogens with zero attached hydrogens (tertiary/aromatic N) is 2. The lowest BCUT2D eigenvalue weighted by Gasteiger charge is -2.24. The summed E-state index contributed by atoms with van der Waals surface area (Å²) in [7, 11) is 0. The molecule has 0 unspecified atom stereocenters. The van der Waals surface area contributed by atoms with Gasteiger partial charge in [-0.15, -0.1) is 0 Å². The number of amides is 2. The highest BCUT2D eigenvalue weighted by molar-refractivity contribution is 6.00. The number of anilines is 1. The SMILES string of the molecule is Cc1cccc(N2C[C@@H](C(=O)NC[C@H](C)N3CCCC3)CC2=O)c1C. The molecule has 2 atom stereocenters.